The van der Waals surface area contributed by atoms with Crippen molar-refractivity contribution >= 4 is 23.5 Å². The molecule has 0 radical (unpaired) electrons. The molecule has 0 spiro atoms. The van der Waals surface area contributed by atoms with Crippen molar-refractivity contribution in [3.63, 3.8) is 0 Å². The Bertz CT molecular complexity index is 888. The number of ether oxygens (including phenoxy) is 2. The van der Waals surface area contributed by atoms with E-state index in [1.165, 1.54) is 76.6 Å². The molecule has 0 aliphatic rings. The Labute approximate surface area is 185 Å². The summed E-state index contributed by atoms with van der Waals surface area (Å²) < 4.78 is 35.2. The molecule has 0 saturated carbocycles. The first-order valence-electron chi connectivity index (χ1n) is 9.68. The molecule has 8 heteroatoms. The second-order valence-corrected chi connectivity index (χ2v) is 7.19. The minimum atomic E-state index is -1.44. The lowest BCUT2D eigenvalue weighted by Gasteiger charge is -2.28. The van der Waals surface area contributed by atoms with Gasteiger partial charge in [-0.05, 0) is 62.1 Å². The van der Waals surface area contributed by atoms with Crippen molar-refractivity contribution in [3.05, 3.63) is 71.3 Å². The molecule has 0 unspecified atom stereocenters. The number of methoxy groups -OCH3 is 2. The van der Waals surface area contributed by atoms with Crippen LogP contribution in [0.2, 0.25) is 0 Å². The summed E-state index contributed by atoms with van der Waals surface area (Å²) in [5, 5.41) is 0. The standard InChI is InChI=1S/C19H18F2O3.C5H8O3/c1-13(22)19(18(23)24-2,11-14-3-7-16(20)8-4-14)12-15-5-9-17(21)10-6-15;1-4(6)3-5(7)8-2/h3-10H,11-12H2,1-2H3;3H2,1-2H3. The van der Waals surface area contributed by atoms with E-state index in [1.54, 1.807) is 0 Å². The molecular weight excluding hydrogens is 422 g/mol. The van der Waals surface area contributed by atoms with Crippen LogP contribution >= 0.6 is 0 Å². The number of benzene rings is 2. The monoisotopic (exact) mass is 448 g/mol. The van der Waals surface area contributed by atoms with Gasteiger partial charge in [-0.2, -0.15) is 0 Å². The summed E-state index contributed by atoms with van der Waals surface area (Å²) in [5.41, 5.74) is -0.164. The Balaban J connectivity index is 0.000000547. The minimum Gasteiger partial charge on any atom is -0.469 e. The molecule has 0 heterocycles. The number of Topliss-reactive ketones (excluding diaryl/α,β-unsaturated/α-hetero) is 2. The molecule has 0 fully saturated rings. The van der Waals surface area contributed by atoms with Gasteiger partial charge >= 0.3 is 11.9 Å². The summed E-state index contributed by atoms with van der Waals surface area (Å²) in [7, 11) is 2.47. The minimum absolute atomic E-state index is 0.0761. The number of rotatable bonds is 8. The molecule has 2 rings (SSSR count). The zero-order valence-corrected chi connectivity index (χ0v) is 18.4. The quantitative estimate of drug-likeness (QED) is 0.453. The van der Waals surface area contributed by atoms with Crippen LogP contribution in [0.5, 0.6) is 0 Å². The van der Waals surface area contributed by atoms with Crippen LogP contribution in [-0.2, 0) is 41.5 Å². The van der Waals surface area contributed by atoms with E-state index in [-0.39, 0.29) is 30.8 Å². The summed E-state index contributed by atoms with van der Waals surface area (Å²) in [6.45, 7) is 2.67. The van der Waals surface area contributed by atoms with Gasteiger partial charge in [-0.1, -0.05) is 24.3 Å². The van der Waals surface area contributed by atoms with Crippen LogP contribution in [0.3, 0.4) is 0 Å². The average molecular weight is 448 g/mol. The van der Waals surface area contributed by atoms with Gasteiger partial charge in [0.05, 0.1) is 14.2 Å². The third kappa shape index (κ3) is 8.02. The summed E-state index contributed by atoms with van der Waals surface area (Å²) in [5.74, 6) is -2.46. The van der Waals surface area contributed by atoms with E-state index < -0.39 is 29.0 Å². The zero-order chi connectivity index (χ0) is 24.3. The van der Waals surface area contributed by atoms with Gasteiger partial charge in [-0.25, -0.2) is 8.78 Å². The van der Waals surface area contributed by atoms with Gasteiger partial charge in [0.25, 0.3) is 0 Å². The lowest BCUT2D eigenvalue weighted by molar-refractivity contribution is -0.157. The highest BCUT2D eigenvalue weighted by Crippen LogP contribution is 2.31. The maximum Gasteiger partial charge on any atom is 0.320 e. The van der Waals surface area contributed by atoms with Gasteiger partial charge in [0, 0.05) is 0 Å². The first kappa shape index (κ1) is 26.6. The number of ketones is 2. The Morgan fingerprint density at radius 3 is 1.41 bits per heavy atom. The summed E-state index contributed by atoms with van der Waals surface area (Å²) in [4.78, 5) is 45.1. The molecule has 172 valence electrons. The normalized spacial score (nSPS) is 10.4. The van der Waals surface area contributed by atoms with Crippen molar-refractivity contribution in [2.75, 3.05) is 14.2 Å². The molecule has 6 nitrogen and oxygen atoms in total. The molecule has 0 amide bonds. The Hall–Kier alpha value is -3.42. The Morgan fingerprint density at radius 1 is 0.750 bits per heavy atom. The highest BCUT2D eigenvalue weighted by Gasteiger charge is 2.44. The molecule has 0 aliphatic carbocycles. The van der Waals surface area contributed by atoms with Gasteiger partial charge in [-0.3, -0.25) is 19.2 Å². The molecule has 0 aromatic heterocycles. The van der Waals surface area contributed by atoms with E-state index in [4.69, 9.17) is 4.74 Å². The van der Waals surface area contributed by atoms with E-state index in [2.05, 4.69) is 4.74 Å². The molecular formula is C24H26F2O6. The number of esters is 2. The average Bonchev–Trinajstić information content (AvgIpc) is 2.75. The van der Waals surface area contributed by atoms with Crippen molar-refractivity contribution in [2.45, 2.75) is 33.1 Å². The fourth-order valence-electron chi connectivity index (χ4n) is 2.97. The van der Waals surface area contributed by atoms with E-state index in [9.17, 15) is 28.0 Å². The third-order valence-electron chi connectivity index (χ3n) is 4.71. The largest absolute Gasteiger partial charge is 0.469 e. The highest BCUT2D eigenvalue weighted by molar-refractivity contribution is 6.03. The number of hydrogen-bond acceptors (Lipinski definition) is 6. The number of hydrogen-bond donors (Lipinski definition) is 0. The molecule has 0 N–H and O–H groups in total. The number of halogens is 2. The fourth-order valence-corrected chi connectivity index (χ4v) is 2.97. The first-order chi connectivity index (χ1) is 15.0. The van der Waals surface area contributed by atoms with Gasteiger partial charge in [0.1, 0.15) is 35.0 Å². The smallest absolute Gasteiger partial charge is 0.320 e. The maximum atomic E-state index is 13.1. The highest BCUT2D eigenvalue weighted by atomic mass is 19.1. The predicted molar refractivity (Wildman–Crippen MR) is 113 cm³/mol. The lowest BCUT2D eigenvalue weighted by atomic mass is 9.73. The molecule has 2 aromatic carbocycles. The number of carbonyl (C=O) groups is 4. The van der Waals surface area contributed by atoms with E-state index in [0.29, 0.717) is 11.1 Å². The van der Waals surface area contributed by atoms with Crippen molar-refractivity contribution < 1.29 is 37.4 Å². The van der Waals surface area contributed by atoms with Crippen LogP contribution < -0.4 is 0 Å². The lowest BCUT2D eigenvalue weighted by Crippen LogP contribution is -2.43. The van der Waals surface area contributed by atoms with Crippen LogP contribution in [-0.4, -0.2) is 37.7 Å². The van der Waals surface area contributed by atoms with E-state index >= 15 is 0 Å². The molecule has 2 aromatic rings. The first-order valence-corrected chi connectivity index (χ1v) is 9.68. The van der Waals surface area contributed by atoms with E-state index in [0.717, 1.165) is 0 Å². The number of carbonyl (C=O) groups excluding carboxylic acids is 4. The predicted octanol–water partition coefficient (Wildman–Crippen LogP) is 3.64. The Morgan fingerprint density at radius 2 is 1.16 bits per heavy atom. The molecule has 0 atom stereocenters. The van der Waals surface area contributed by atoms with Crippen LogP contribution in [0.1, 0.15) is 31.4 Å². The summed E-state index contributed by atoms with van der Waals surface area (Å²) in [6, 6.07) is 11.2. The maximum absolute atomic E-state index is 13.1. The van der Waals surface area contributed by atoms with Crippen LogP contribution in [0.25, 0.3) is 0 Å². The second-order valence-electron chi connectivity index (χ2n) is 7.19. The van der Waals surface area contributed by atoms with Gasteiger partial charge in [-0.15, -0.1) is 0 Å². The molecule has 32 heavy (non-hydrogen) atoms. The van der Waals surface area contributed by atoms with Gasteiger partial charge < -0.3 is 9.47 Å². The van der Waals surface area contributed by atoms with Crippen molar-refractivity contribution in [3.8, 4) is 0 Å². The molecule has 0 bridgehead atoms. The third-order valence-corrected chi connectivity index (χ3v) is 4.71. The van der Waals surface area contributed by atoms with Crippen LogP contribution in [0, 0.1) is 17.0 Å². The topological polar surface area (TPSA) is 86.7 Å². The van der Waals surface area contributed by atoms with Gasteiger partial charge in [0.15, 0.2) is 0 Å². The van der Waals surface area contributed by atoms with Crippen molar-refractivity contribution in [2.24, 2.45) is 5.41 Å². The van der Waals surface area contributed by atoms with Crippen LogP contribution in [0.15, 0.2) is 48.5 Å². The SMILES string of the molecule is COC(=O)C(Cc1ccc(F)cc1)(Cc1ccc(F)cc1)C(C)=O.COC(=O)CC(C)=O. The van der Waals surface area contributed by atoms with Crippen LogP contribution in [0.4, 0.5) is 8.78 Å². The zero-order valence-electron chi connectivity index (χ0n) is 18.4. The molecule has 0 saturated heterocycles. The van der Waals surface area contributed by atoms with Crippen molar-refractivity contribution in [1.82, 2.24) is 0 Å². The fraction of sp³-hybridized carbons (Fsp3) is 0.333. The summed E-state index contributed by atoms with van der Waals surface area (Å²) in [6.07, 6.45) is 0.0375. The van der Waals surface area contributed by atoms with E-state index in [1.807, 2.05) is 0 Å². The molecule has 0 aliphatic heterocycles. The van der Waals surface area contributed by atoms with Crippen molar-refractivity contribution in [1.29, 1.82) is 0 Å². The summed E-state index contributed by atoms with van der Waals surface area (Å²) >= 11 is 0. The second kappa shape index (κ2) is 12.4. The van der Waals surface area contributed by atoms with Gasteiger partial charge in [0.2, 0.25) is 0 Å². The Kier molecular flexibility index (Phi) is 10.3.